The maximum absolute atomic E-state index is 12.5. The summed E-state index contributed by atoms with van der Waals surface area (Å²) < 4.78 is 20.6. The number of aliphatic hydroxyl groups excluding tert-OH is 1. The van der Waals surface area contributed by atoms with Crippen molar-refractivity contribution in [3.8, 4) is 0 Å². The van der Waals surface area contributed by atoms with Gasteiger partial charge in [0, 0.05) is 0 Å². The number of alkyl carbamates (subject to hydrolysis) is 2. The summed E-state index contributed by atoms with van der Waals surface area (Å²) in [5, 5.41) is 15.1. The number of carbonyl (C=O) groups is 4. The highest BCUT2D eigenvalue weighted by Crippen LogP contribution is 2.09. The summed E-state index contributed by atoms with van der Waals surface area (Å²) in [7, 11) is 0. The van der Waals surface area contributed by atoms with Crippen LogP contribution in [-0.2, 0) is 41.8 Å². The van der Waals surface area contributed by atoms with Gasteiger partial charge in [0.05, 0.1) is 0 Å². The molecule has 0 bridgehead atoms. The van der Waals surface area contributed by atoms with Crippen molar-refractivity contribution in [3.63, 3.8) is 0 Å². The Bertz CT molecular complexity index is 992. The SMILES string of the molecule is CC(C)[C@H](NC(=O)OCc1ccccc1)C(=O)OCC(O)COC(=O)[C@@H](NC(=O)OCc1ccccc1)C(C)C. The Balaban J connectivity index is 1.76. The molecule has 0 saturated heterocycles. The van der Waals surface area contributed by atoms with E-state index >= 15 is 0 Å². The first-order valence-corrected chi connectivity index (χ1v) is 13.0. The first-order valence-electron chi connectivity index (χ1n) is 13.0. The summed E-state index contributed by atoms with van der Waals surface area (Å²) in [6.07, 6.45) is -2.91. The molecule has 2 aromatic rings. The van der Waals surface area contributed by atoms with E-state index in [1.807, 2.05) is 36.4 Å². The molecule has 0 aliphatic rings. The number of aliphatic hydroxyl groups is 1. The van der Waals surface area contributed by atoms with Gasteiger partial charge in [0.25, 0.3) is 0 Å². The second-order valence-electron chi connectivity index (χ2n) is 9.77. The third-order valence-corrected chi connectivity index (χ3v) is 5.65. The number of hydrogen-bond donors (Lipinski definition) is 3. The van der Waals surface area contributed by atoms with E-state index in [1.54, 1.807) is 52.0 Å². The lowest BCUT2D eigenvalue weighted by Crippen LogP contribution is -2.47. The number of hydrogen-bond acceptors (Lipinski definition) is 9. The zero-order valence-electron chi connectivity index (χ0n) is 23.2. The Morgan fingerprint density at radius 1 is 0.625 bits per heavy atom. The molecule has 2 atom stereocenters. The van der Waals surface area contributed by atoms with Crippen molar-refractivity contribution in [2.45, 2.75) is 59.1 Å². The molecule has 0 aliphatic heterocycles. The fourth-order valence-electron chi connectivity index (χ4n) is 3.36. The average molecular weight is 559 g/mol. The van der Waals surface area contributed by atoms with Gasteiger partial charge in [-0.25, -0.2) is 19.2 Å². The van der Waals surface area contributed by atoms with Gasteiger partial charge >= 0.3 is 24.1 Å². The van der Waals surface area contributed by atoms with E-state index < -0.39 is 55.5 Å². The second-order valence-corrected chi connectivity index (χ2v) is 9.77. The molecular formula is C29H38N2O9. The van der Waals surface area contributed by atoms with E-state index in [4.69, 9.17) is 18.9 Å². The van der Waals surface area contributed by atoms with Gasteiger partial charge < -0.3 is 34.7 Å². The molecular weight excluding hydrogens is 520 g/mol. The first-order chi connectivity index (χ1) is 19.1. The number of amides is 2. The lowest BCUT2D eigenvalue weighted by Gasteiger charge is -2.23. The monoisotopic (exact) mass is 558 g/mol. The van der Waals surface area contributed by atoms with E-state index in [0.29, 0.717) is 0 Å². The molecule has 218 valence electrons. The van der Waals surface area contributed by atoms with Crippen LogP contribution >= 0.6 is 0 Å². The van der Waals surface area contributed by atoms with E-state index in [0.717, 1.165) is 11.1 Å². The molecule has 11 nitrogen and oxygen atoms in total. The summed E-state index contributed by atoms with van der Waals surface area (Å²) in [5.41, 5.74) is 1.58. The Labute approximate surface area is 234 Å². The minimum absolute atomic E-state index is 0.0353. The van der Waals surface area contributed by atoms with Crippen LogP contribution in [0, 0.1) is 11.8 Å². The predicted octanol–water partition coefficient (Wildman–Crippen LogP) is 3.34. The summed E-state index contributed by atoms with van der Waals surface area (Å²) >= 11 is 0. The van der Waals surface area contributed by atoms with Crippen LogP contribution < -0.4 is 10.6 Å². The van der Waals surface area contributed by atoms with Crippen LogP contribution in [0.3, 0.4) is 0 Å². The van der Waals surface area contributed by atoms with Crippen LogP contribution in [-0.4, -0.2) is 60.6 Å². The van der Waals surface area contributed by atoms with Crippen molar-refractivity contribution in [1.29, 1.82) is 0 Å². The Hall–Kier alpha value is -4.12. The molecule has 0 aliphatic carbocycles. The third kappa shape index (κ3) is 11.7. The van der Waals surface area contributed by atoms with Crippen LogP contribution in [0.2, 0.25) is 0 Å². The number of ether oxygens (including phenoxy) is 4. The molecule has 0 saturated carbocycles. The van der Waals surface area contributed by atoms with E-state index in [-0.39, 0.29) is 25.0 Å². The number of nitrogens with one attached hydrogen (secondary N) is 2. The molecule has 2 aromatic carbocycles. The number of esters is 2. The van der Waals surface area contributed by atoms with Gasteiger partial charge in [0.1, 0.15) is 44.6 Å². The first kappa shape index (κ1) is 32.1. The molecule has 2 amide bonds. The standard InChI is InChI=1S/C29H38N2O9/c1-19(2)24(30-28(35)39-15-21-11-7-5-8-12-21)26(33)37-17-23(32)18-38-27(34)25(20(3)4)31-29(36)40-16-22-13-9-6-10-14-22/h5-14,19-20,23-25,32H,15-18H2,1-4H3,(H,30,35)(H,31,36)/t24-,25-/m0/s1. The van der Waals surface area contributed by atoms with Gasteiger partial charge in [-0.2, -0.15) is 0 Å². The number of rotatable bonds is 14. The fraction of sp³-hybridized carbons (Fsp3) is 0.448. The molecule has 0 aromatic heterocycles. The lowest BCUT2D eigenvalue weighted by molar-refractivity contribution is -0.156. The highest BCUT2D eigenvalue weighted by molar-refractivity contribution is 5.82. The van der Waals surface area contributed by atoms with Gasteiger partial charge in [-0.3, -0.25) is 0 Å². The third-order valence-electron chi connectivity index (χ3n) is 5.65. The molecule has 40 heavy (non-hydrogen) atoms. The molecule has 3 N–H and O–H groups in total. The van der Waals surface area contributed by atoms with Crippen molar-refractivity contribution < 1.29 is 43.2 Å². The van der Waals surface area contributed by atoms with Gasteiger partial charge in [0.2, 0.25) is 0 Å². The molecule has 0 unspecified atom stereocenters. The van der Waals surface area contributed by atoms with Gasteiger partial charge in [0.15, 0.2) is 0 Å². The zero-order chi connectivity index (χ0) is 29.5. The second kappa shape index (κ2) is 16.8. The Morgan fingerprint density at radius 2 is 0.975 bits per heavy atom. The minimum Gasteiger partial charge on any atom is -0.461 e. The molecule has 2 rings (SSSR count). The smallest absolute Gasteiger partial charge is 0.408 e. The topological polar surface area (TPSA) is 149 Å². The van der Waals surface area contributed by atoms with Crippen LogP contribution in [0.1, 0.15) is 38.8 Å². The van der Waals surface area contributed by atoms with Crippen molar-refractivity contribution in [2.24, 2.45) is 11.8 Å². The summed E-state index contributed by atoms with van der Waals surface area (Å²) in [6, 6.07) is 16.1. The maximum atomic E-state index is 12.5. The molecule has 0 heterocycles. The summed E-state index contributed by atoms with van der Waals surface area (Å²) in [6.45, 7) is 5.97. The fourth-order valence-corrected chi connectivity index (χ4v) is 3.36. The van der Waals surface area contributed by atoms with Crippen molar-refractivity contribution >= 4 is 24.1 Å². The minimum atomic E-state index is -1.33. The highest BCUT2D eigenvalue weighted by atomic mass is 16.6. The summed E-state index contributed by atoms with van der Waals surface area (Å²) in [4.78, 5) is 49.4. The van der Waals surface area contributed by atoms with E-state index in [2.05, 4.69) is 10.6 Å². The van der Waals surface area contributed by atoms with Crippen LogP contribution in [0.25, 0.3) is 0 Å². The average Bonchev–Trinajstić information content (AvgIpc) is 2.94. The van der Waals surface area contributed by atoms with Crippen molar-refractivity contribution in [2.75, 3.05) is 13.2 Å². The molecule has 0 spiro atoms. The maximum Gasteiger partial charge on any atom is 0.408 e. The zero-order valence-corrected chi connectivity index (χ0v) is 23.2. The Morgan fingerprint density at radius 3 is 1.30 bits per heavy atom. The van der Waals surface area contributed by atoms with Gasteiger partial charge in [-0.05, 0) is 23.0 Å². The molecule has 0 fully saturated rings. The number of carbonyl (C=O) groups excluding carboxylic acids is 4. The predicted molar refractivity (Wildman–Crippen MR) is 145 cm³/mol. The van der Waals surface area contributed by atoms with Crippen LogP contribution in [0.5, 0.6) is 0 Å². The van der Waals surface area contributed by atoms with Crippen LogP contribution in [0.15, 0.2) is 60.7 Å². The lowest BCUT2D eigenvalue weighted by atomic mass is 10.1. The van der Waals surface area contributed by atoms with Crippen molar-refractivity contribution in [3.05, 3.63) is 71.8 Å². The van der Waals surface area contributed by atoms with E-state index in [9.17, 15) is 24.3 Å². The normalized spacial score (nSPS) is 12.4. The van der Waals surface area contributed by atoms with Gasteiger partial charge in [-0.1, -0.05) is 88.4 Å². The molecule has 11 heteroatoms. The van der Waals surface area contributed by atoms with E-state index in [1.165, 1.54) is 0 Å². The highest BCUT2D eigenvalue weighted by Gasteiger charge is 2.29. The summed E-state index contributed by atoms with van der Waals surface area (Å²) in [5.74, 6) is -2.21. The molecule has 0 radical (unpaired) electrons. The number of benzene rings is 2. The largest absolute Gasteiger partial charge is 0.461 e. The van der Waals surface area contributed by atoms with Crippen molar-refractivity contribution in [1.82, 2.24) is 10.6 Å². The quantitative estimate of drug-likeness (QED) is 0.234. The Kier molecular flexibility index (Phi) is 13.4. The van der Waals surface area contributed by atoms with Crippen LogP contribution in [0.4, 0.5) is 9.59 Å². The van der Waals surface area contributed by atoms with Gasteiger partial charge in [-0.15, -0.1) is 0 Å².